The van der Waals surface area contributed by atoms with E-state index in [1.54, 1.807) is 11.8 Å². The normalized spacial score (nSPS) is 10.5. The smallest absolute Gasteiger partial charge is 0.341 e. The molecular weight excluding hydrogens is 622 g/mol. The molecule has 3 nitrogen and oxygen atoms in total. The summed E-state index contributed by atoms with van der Waals surface area (Å²) in [6.07, 6.45) is 2.28. The molecule has 3 aromatic rings. The predicted octanol–water partition coefficient (Wildman–Crippen LogP) is 6.89. The van der Waals surface area contributed by atoms with Crippen LogP contribution < -0.4 is 4.74 Å². The maximum Gasteiger partial charge on any atom is 0.341 e. The van der Waals surface area contributed by atoms with Crippen LogP contribution in [0, 0.1) is 14.1 Å². The van der Waals surface area contributed by atoms with Crippen LogP contribution in [-0.4, -0.2) is 23.4 Å². The largest absolute Gasteiger partial charge is 0.482 e. The summed E-state index contributed by atoms with van der Waals surface area (Å²) in [5, 5.41) is 8.78. The van der Waals surface area contributed by atoms with E-state index in [0.29, 0.717) is 5.75 Å². The molecule has 0 spiro atoms. The molecule has 0 aliphatic rings. The van der Waals surface area contributed by atoms with Crippen molar-refractivity contribution in [1.82, 2.24) is 0 Å². The highest BCUT2D eigenvalue weighted by atomic mass is 127. The highest BCUT2D eigenvalue weighted by molar-refractivity contribution is 14.1. The third-order valence-corrected chi connectivity index (χ3v) is 7.17. The minimum Gasteiger partial charge on any atom is -0.482 e. The summed E-state index contributed by atoms with van der Waals surface area (Å²) in [7, 11) is 0. The summed E-state index contributed by atoms with van der Waals surface area (Å²) in [6, 6.07) is 22.7. The number of ether oxygens (including phenoxy) is 1. The first-order valence-electron chi connectivity index (χ1n) is 9.23. The second-order valence-electron chi connectivity index (χ2n) is 6.50. The van der Waals surface area contributed by atoms with Crippen molar-refractivity contribution in [3.63, 3.8) is 0 Å². The fourth-order valence-corrected chi connectivity index (χ4v) is 5.18. The van der Waals surface area contributed by atoms with E-state index in [0.717, 1.165) is 16.2 Å². The Kier molecular flexibility index (Phi) is 8.64. The maximum absolute atomic E-state index is 10.7. The first-order valence-corrected chi connectivity index (χ1v) is 12.4. The Morgan fingerprint density at radius 2 is 1.60 bits per heavy atom. The van der Waals surface area contributed by atoms with Crippen molar-refractivity contribution in [2.24, 2.45) is 0 Å². The third kappa shape index (κ3) is 6.24. The van der Waals surface area contributed by atoms with E-state index in [2.05, 4.69) is 99.8 Å². The average molecular weight is 642 g/mol. The Hall–Kier alpha value is -1.52. The van der Waals surface area contributed by atoms with Crippen LogP contribution in [0.5, 0.6) is 5.75 Å². The van der Waals surface area contributed by atoms with Gasteiger partial charge in [0.05, 0.1) is 0 Å². The van der Waals surface area contributed by atoms with Crippen LogP contribution in [0.3, 0.4) is 0 Å². The standard InChI is InChI=1S/C24H20I2O3S/c1-16-14-17(10-11-23(16)29-15-24(27)28)30-13-12-18(19-6-2-4-8-21(19)25)20-7-3-5-9-22(20)26/h2-12,14H,13,15H2,1H3,(H,27,28). The zero-order valence-corrected chi connectivity index (χ0v) is 21.4. The number of halogens is 2. The van der Waals surface area contributed by atoms with Gasteiger partial charge in [-0.1, -0.05) is 42.5 Å². The third-order valence-electron chi connectivity index (χ3n) is 4.36. The molecule has 0 amide bonds. The Morgan fingerprint density at radius 3 is 2.13 bits per heavy atom. The lowest BCUT2D eigenvalue weighted by Crippen LogP contribution is -2.09. The molecular formula is C24H20I2O3S. The number of aryl methyl sites for hydroxylation is 1. The number of carboxylic acid groups (broad SMARTS) is 1. The van der Waals surface area contributed by atoms with Crippen molar-refractivity contribution < 1.29 is 14.6 Å². The van der Waals surface area contributed by atoms with Crippen LogP contribution in [0.4, 0.5) is 0 Å². The molecule has 0 aliphatic carbocycles. The summed E-state index contributed by atoms with van der Waals surface area (Å²) < 4.78 is 7.76. The molecule has 0 aliphatic heterocycles. The summed E-state index contributed by atoms with van der Waals surface area (Å²) in [5.41, 5.74) is 4.63. The molecule has 0 saturated heterocycles. The average Bonchev–Trinajstić information content (AvgIpc) is 2.72. The number of carbonyl (C=O) groups is 1. The van der Waals surface area contributed by atoms with Crippen LogP contribution in [0.25, 0.3) is 5.57 Å². The fraction of sp³-hybridized carbons (Fsp3) is 0.125. The number of benzene rings is 3. The van der Waals surface area contributed by atoms with E-state index in [4.69, 9.17) is 9.84 Å². The number of carboxylic acids is 1. The molecule has 0 heterocycles. The molecule has 30 heavy (non-hydrogen) atoms. The first-order chi connectivity index (χ1) is 14.5. The lowest BCUT2D eigenvalue weighted by molar-refractivity contribution is -0.139. The van der Waals surface area contributed by atoms with Crippen molar-refractivity contribution in [2.45, 2.75) is 11.8 Å². The first kappa shape index (κ1) is 23.1. The highest BCUT2D eigenvalue weighted by Gasteiger charge is 2.11. The molecule has 0 bridgehead atoms. The zero-order chi connectivity index (χ0) is 21.5. The molecule has 0 unspecified atom stereocenters. The van der Waals surface area contributed by atoms with Crippen molar-refractivity contribution in [3.05, 3.63) is 96.6 Å². The number of hydrogen-bond acceptors (Lipinski definition) is 3. The Balaban J connectivity index is 1.82. The SMILES string of the molecule is Cc1cc(SCC=C(c2ccccc2I)c2ccccc2I)ccc1OCC(=O)O. The zero-order valence-electron chi connectivity index (χ0n) is 16.3. The molecule has 6 heteroatoms. The molecule has 0 saturated carbocycles. The minimum absolute atomic E-state index is 0.329. The Bertz CT molecular complexity index is 1030. The van der Waals surface area contributed by atoms with E-state index < -0.39 is 5.97 Å². The summed E-state index contributed by atoms with van der Waals surface area (Å²) in [5.74, 6) is 0.451. The van der Waals surface area contributed by atoms with Crippen molar-refractivity contribution >= 4 is 68.5 Å². The van der Waals surface area contributed by atoms with Gasteiger partial charge in [0.25, 0.3) is 0 Å². The minimum atomic E-state index is -0.975. The van der Waals surface area contributed by atoms with Gasteiger partial charge in [0.1, 0.15) is 5.75 Å². The van der Waals surface area contributed by atoms with Crippen LogP contribution in [-0.2, 0) is 4.79 Å². The van der Waals surface area contributed by atoms with Crippen molar-refractivity contribution in [2.75, 3.05) is 12.4 Å². The number of thioether (sulfide) groups is 1. The Morgan fingerprint density at radius 1 is 1.00 bits per heavy atom. The van der Waals surface area contributed by atoms with Gasteiger partial charge >= 0.3 is 5.97 Å². The summed E-state index contributed by atoms with van der Waals surface area (Å²) in [4.78, 5) is 11.8. The van der Waals surface area contributed by atoms with Gasteiger partial charge in [-0.3, -0.25) is 0 Å². The second-order valence-corrected chi connectivity index (χ2v) is 9.92. The molecule has 1 N–H and O–H groups in total. The van der Waals surface area contributed by atoms with Gasteiger partial charge in [0.15, 0.2) is 6.61 Å². The number of hydrogen-bond donors (Lipinski definition) is 1. The van der Waals surface area contributed by atoms with Crippen LogP contribution in [0.1, 0.15) is 16.7 Å². The van der Waals surface area contributed by atoms with Crippen molar-refractivity contribution in [1.29, 1.82) is 0 Å². The topological polar surface area (TPSA) is 46.5 Å². The molecule has 0 atom stereocenters. The quantitative estimate of drug-likeness (QED) is 0.215. The molecule has 154 valence electrons. The summed E-state index contributed by atoms with van der Waals surface area (Å²) in [6.45, 7) is 1.60. The second kappa shape index (κ2) is 11.2. The van der Waals surface area contributed by atoms with Crippen LogP contribution in [0.2, 0.25) is 0 Å². The van der Waals surface area contributed by atoms with Gasteiger partial charge in [-0.05, 0) is 105 Å². The molecule has 3 aromatic carbocycles. The van der Waals surface area contributed by atoms with Crippen LogP contribution in [0.15, 0.2) is 77.7 Å². The lowest BCUT2D eigenvalue weighted by atomic mass is 9.98. The van der Waals surface area contributed by atoms with Gasteiger partial charge in [0, 0.05) is 17.8 Å². The predicted molar refractivity (Wildman–Crippen MR) is 140 cm³/mol. The van der Waals surface area contributed by atoms with Crippen LogP contribution >= 0.6 is 56.9 Å². The van der Waals surface area contributed by atoms with Gasteiger partial charge in [-0.15, -0.1) is 11.8 Å². The monoisotopic (exact) mass is 642 g/mol. The van der Waals surface area contributed by atoms with E-state index in [1.807, 2.05) is 25.1 Å². The molecule has 0 aromatic heterocycles. The van der Waals surface area contributed by atoms with E-state index >= 15 is 0 Å². The molecule has 3 rings (SSSR count). The number of aliphatic carboxylic acids is 1. The lowest BCUT2D eigenvalue weighted by Gasteiger charge is -2.13. The Labute approximate surface area is 208 Å². The molecule has 0 fully saturated rings. The fourth-order valence-electron chi connectivity index (χ4n) is 2.96. The van der Waals surface area contributed by atoms with Gasteiger partial charge in [-0.2, -0.15) is 0 Å². The van der Waals surface area contributed by atoms with E-state index in [9.17, 15) is 4.79 Å². The van der Waals surface area contributed by atoms with Crippen molar-refractivity contribution in [3.8, 4) is 5.75 Å². The highest BCUT2D eigenvalue weighted by Crippen LogP contribution is 2.32. The van der Waals surface area contributed by atoms with Gasteiger partial charge < -0.3 is 9.84 Å². The van der Waals surface area contributed by atoms with Gasteiger partial charge in [-0.25, -0.2) is 4.79 Å². The molecule has 0 radical (unpaired) electrons. The summed E-state index contributed by atoms with van der Waals surface area (Å²) >= 11 is 6.53. The maximum atomic E-state index is 10.7. The number of rotatable bonds is 8. The van der Waals surface area contributed by atoms with E-state index in [1.165, 1.54) is 23.8 Å². The van der Waals surface area contributed by atoms with Gasteiger partial charge in [0.2, 0.25) is 0 Å². The van der Waals surface area contributed by atoms with E-state index in [-0.39, 0.29) is 6.61 Å².